The zero-order chi connectivity index (χ0) is 25.0. The summed E-state index contributed by atoms with van der Waals surface area (Å²) >= 11 is 5.98. The Labute approximate surface area is 204 Å². The first-order valence-corrected chi connectivity index (χ1v) is 12.0. The Morgan fingerprint density at radius 1 is 1.14 bits per heavy atom. The number of amides is 2. The molecule has 3 N–H and O–H groups in total. The lowest BCUT2D eigenvalue weighted by Crippen LogP contribution is -2.68. The lowest BCUT2D eigenvalue weighted by Gasteiger charge is -2.53. The number of hydrogen-bond acceptors (Lipinski definition) is 6. The molecular formula is C23H26ClF3N2O6. The molecule has 2 amide bonds. The fourth-order valence-electron chi connectivity index (χ4n) is 5.36. The van der Waals surface area contributed by atoms with Gasteiger partial charge in [0.15, 0.2) is 6.10 Å². The summed E-state index contributed by atoms with van der Waals surface area (Å²) in [6.07, 6.45) is -5.32. The molecule has 3 aliphatic heterocycles. The van der Waals surface area contributed by atoms with E-state index in [-0.39, 0.29) is 43.7 Å². The normalized spacial score (nSPS) is 35.9. The van der Waals surface area contributed by atoms with Gasteiger partial charge in [0.2, 0.25) is 0 Å². The third-order valence-electron chi connectivity index (χ3n) is 7.50. The lowest BCUT2D eigenvalue weighted by molar-refractivity contribution is -0.351. The molecule has 0 radical (unpaired) electrons. The Kier molecular flexibility index (Phi) is 6.18. The summed E-state index contributed by atoms with van der Waals surface area (Å²) in [5.74, 6) is -0.289. The van der Waals surface area contributed by atoms with Gasteiger partial charge in [-0.05, 0) is 56.7 Å². The SMILES string of the molecule is O=C(NC12CCC(C(=O)NC3CC(OC(F)(F)F)C3)(CC1)OC2)[C@H]1C[C@@H](O)c2cc(Cl)ccc2O1. The van der Waals surface area contributed by atoms with Crippen molar-refractivity contribution in [3.05, 3.63) is 28.8 Å². The van der Waals surface area contributed by atoms with E-state index in [4.69, 9.17) is 21.1 Å². The highest BCUT2D eigenvalue weighted by Crippen LogP contribution is 2.45. The molecule has 1 aromatic rings. The van der Waals surface area contributed by atoms with E-state index < -0.39 is 35.8 Å². The smallest absolute Gasteiger partial charge is 0.480 e. The number of nitrogens with one attached hydrogen (secondary N) is 2. The first kappa shape index (κ1) is 24.6. The molecular weight excluding hydrogens is 493 g/mol. The quantitative estimate of drug-likeness (QED) is 0.553. The van der Waals surface area contributed by atoms with Crippen LogP contribution in [0.15, 0.2) is 18.2 Å². The van der Waals surface area contributed by atoms with Gasteiger partial charge in [-0.25, -0.2) is 0 Å². The Morgan fingerprint density at radius 3 is 2.49 bits per heavy atom. The largest absolute Gasteiger partial charge is 0.522 e. The third kappa shape index (κ3) is 4.96. The molecule has 4 fully saturated rings. The molecule has 0 unspecified atom stereocenters. The van der Waals surface area contributed by atoms with E-state index in [0.717, 1.165) is 0 Å². The first-order chi connectivity index (χ1) is 16.5. The van der Waals surface area contributed by atoms with Gasteiger partial charge >= 0.3 is 6.36 Å². The number of halogens is 4. The average Bonchev–Trinajstić information content (AvgIpc) is 2.78. The molecule has 0 spiro atoms. The summed E-state index contributed by atoms with van der Waals surface area (Å²) < 4.78 is 52.6. The number of hydrogen-bond donors (Lipinski definition) is 3. The zero-order valence-corrected chi connectivity index (χ0v) is 19.5. The van der Waals surface area contributed by atoms with Gasteiger partial charge in [0.1, 0.15) is 11.4 Å². The highest BCUT2D eigenvalue weighted by atomic mass is 35.5. The second kappa shape index (κ2) is 8.79. The van der Waals surface area contributed by atoms with Crippen molar-refractivity contribution in [1.82, 2.24) is 10.6 Å². The molecule has 1 aromatic carbocycles. The molecule has 5 aliphatic rings. The lowest BCUT2D eigenvalue weighted by atomic mass is 9.70. The topological polar surface area (TPSA) is 106 Å². The number of fused-ring (bicyclic) bond motifs is 4. The molecule has 2 atom stereocenters. The summed E-state index contributed by atoms with van der Waals surface area (Å²) in [5, 5.41) is 16.7. The molecule has 2 saturated heterocycles. The van der Waals surface area contributed by atoms with Gasteiger partial charge in [0, 0.05) is 23.0 Å². The van der Waals surface area contributed by atoms with Crippen LogP contribution >= 0.6 is 11.6 Å². The van der Waals surface area contributed by atoms with Crippen molar-refractivity contribution in [2.24, 2.45) is 0 Å². The minimum absolute atomic E-state index is 0.0862. The summed E-state index contributed by atoms with van der Waals surface area (Å²) in [4.78, 5) is 25.9. The van der Waals surface area contributed by atoms with Crippen LogP contribution < -0.4 is 15.4 Å². The molecule has 3 heterocycles. The Balaban J connectivity index is 1.13. The van der Waals surface area contributed by atoms with Crippen molar-refractivity contribution in [2.45, 2.75) is 86.8 Å². The Hall–Kier alpha value is -2.08. The first-order valence-electron chi connectivity index (χ1n) is 11.6. The molecule has 2 saturated carbocycles. The highest BCUT2D eigenvalue weighted by molar-refractivity contribution is 6.30. The molecule has 2 bridgehead atoms. The standard InChI is InChI=1S/C23H26ClF3N2O6/c24-12-1-2-17-15(7-12)16(30)10-18(34-17)19(31)29-21-3-5-22(6-4-21,33-11-21)20(32)28-13-8-14(9-13)35-23(25,26)27/h1-2,7,13-14,16,18,30H,3-6,8-11H2,(H,28,32)(H,29,31)/t13?,14?,16-,18-,21?,22?/m1/s1. The van der Waals surface area contributed by atoms with E-state index in [2.05, 4.69) is 15.4 Å². The van der Waals surface area contributed by atoms with Gasteiger partial charge in [-0.2, -0.15) is 0 Å². The molecule has 8 nitrogen and oxygen atoms in total. The van der Waals surface area contributed by atoms with Crippen molar-refractivity contribution in [3.8, 4) is 5.75 Å². The summed E-state index contributed by atoms with van der Waals surface area (Å²) in [6, 6.07) is 4.48. The van der Waals surface area contributed by atoms with Gasteiger partial charge in [-0.3, -0.25) is 14.3 Å². The predicted octanol–water partition coefficient (Wildman–Crippen LogP) is 2.91. The second-order valence-corrected chi connectivity index (χ2v) is 10.4. The van der Waals surface area contributed by atoms with Gasteiger partial charge in [0.25, 0.3) is 11.8 Å². The minimum atomic E-state index is -4.68. The zero-order valence-electron chi connectivity index (χ0n) is 18.7. The van der Waals surface area contributed by atoms with Crippen LogP contribution in [0.4, 0.5) is 13.2 Å². The second-order valence-electron chi connectivity index (χ2n) is 9.92. The van der Waals surface area contributed by atoms with Crippen molar-refractivity contribution < 1.29 is 42.1 Å². The molecule has 6 rings (SSSR count). The van der Waals surface area contributed by atoms with Crippen LogP contribution in [0.1, 0.15) is 56.6 Å². The molecule has 2 aliphatic carbocycles. The van der Waals surface area contributed by atoms with Gasteiger partial charge in [-0.1, -0.05) is 11.6 Å². The minimum Gasteiger partial charge on any atom is -0.480 e. The van der Waals surface area contributed by atoms with Crippen molar-refractivity contribution in [1.29, 1.82) is 0 Å². The number of rotatable bonds is 5. The van der Waals surface area contributed by atoms with E-state index in [9.17, 15) is 27.9 Å². The molecule has 12 heteroatoms. The van der Waals surface area contributed by atoms with Crippen molar-refractivity contribution in [2.75, 3.05) is 6.61 Å². The van der Waals surface area contributed by atoms with Crippen LogP contribution in [0.25, 0.3) is 0 Å². The van der Waals surface area contributed by atoms with E-state index in [1.165, 1.54) is 0 Å². The molecule has 0 aromatic heterocycles. The Bertz CT molecular complexity index is 991. The fraction of sp³-hybridized carbons (Fsp3) is 0.652. The number of benzene rings is 1. The molecule has 35 heavy (non-hydrogen) atoms. The maximum absolute atomic E-state index is 13.0. The number of ether oxygens (including phenoxy) is 3. The maximum Gasteiger partial charge on any atom is 0.522 e. The monoisotopic (exact) mass is 518 g/mol. The van der Waals surface area contributed by atoms with Crippen LogP contribution in [0, 0.1) is 0 Å². The summed E-state index contributed by atoms with van der Waals surface area (Å²) in [5.41, 5.74) is -1.15. The number of carbonyl (C=O) groups excluding carboxylic acids is 2. The highest BCUT2D eigenvalue weighted by Gasteiger charge is 2.55. The summed E-state index contributed by atoms with van der Waals surface area (Å²) in [7, 11) is 0. The van der Waals surface area contributed by atoms with Crippen LogP contribution in [0.2, 0.25) is 5.02 Å². The predicted molar refractivity (Wildman–Crippen MR) is 116 cm³/mol. The fourth-order valence-corrected chi connectivity index (χ4v) is 5.54. The van der Waals surface area contributed by atoms with Crippen molar-refractivity contribution in [3.63, 3.8) is 0 Å². The van der Waals surface area contributed by atoms with Gasteiger partial charge < -0.3 is 25.2 Å². The maximum atomic E-state index is 13.0. The van der Waals surface area contributed by atoms with Crippen LogP contribution in [-0.2, 0) is 19.1 Å². The van der Waals surface area contributed by atoms with E-state index in [1.807, 2.05) is 0 Å². The Morgan fingerprint density at radius 2 is 1.86 bits per heavy atom. The van der Waals surface area contributed by atoms with Gasteiger partial charge in [0.05, 0.1) is 24.4 Å². The van der Waals surface area contributed by atoms with E-state index >= 15 is 0 Å². The summed E-state index contributed by atoms with van der Waals surface area (Å²) in [6.45, 7) is 0.137. The van der Waals surface area contributed by atoms with E-state index in [0.29, 0.717) is 42.0 Å². The molecule has 192 valence electrons. The number of aliphatic hydroxyl groups excluding tert-OH is 1. The van der Waals surface area contributed by atoms with Gasteiger partial charge in [-0.15, -0.1) is 13.2 Å². The van der Waals surface area contributed by atoms with Crippen molar-refractivity contribution >= 4 is 23.4 Å². The number of aliphatic hydroxyl groups is 1. The number of carbonyl (C=O) groups is 2. The third-order valence-corrected chi connectivity index (χ3v) is 7.74. The van der Waals surface area contributed by atoms with E-state index in [1.54, 1.807) is 18.2 Å². The number of alkyl halides is 3. The van der Waals surface area contributed by atoms with Crippen LogP contribution in [0.5, 0.6) is 5.75 Å². The van der Waals surface area contributed by atoms with Crippen LogP contribution in [-0.4, -0.2) is 59.3 Å². The average molecular weight is 519 g/mol. The van der Waals surface area contributed by atoms with Crippen LogP contribution in [0.3, 0.4) is 0 Å².